The maximum atomic E-state index is 12.7. The monoisotopic (exact) mass is 365 g/mol. The van der Waals surface area contributed by atoms with Gasteiger partial charge in [-0.15, -0.1) is 0 Å². The van der Waals surface area contributed by atoms with Crippen LogP contribution in [0.15, 0.2) is 24.5 Å². The quantitative estimate of drug-likeness (QED) is 0.496. The lowest BCUT2D eigenvalue weighted by molar-refractivity contribution is 0.408. The number of aryl methyl sites for hydroxylation is 1. The van der Waals surface area contributed by atoms with Crippen LogP contribution in [-0.2, 0) is 12.8 Å². The summed E-state index contributed by atoms with van der Waals surface area (Å²) in [6.45, 7) is 14.9. The Bertz CT molecular complexity index is 671. The third-order valence-corrected chi connectivity index (χ3v) is 3.49. The predicted octanol–water partition coefficient (Wildman–Crippen LogP) is 5.84. The smallest absolute Gasteiger partial charge is 0.222 e. The molecule has 0 amide bonds. The molecule has 0 aliphatic heterocycles. The minimum Gasteiger partial charge on any atom is -0.226 e. The molecule has 0 aliphatic carbocycles. The van der Waals surface area contributed by atoms with Gasteiger partial charge in [0.1, 0.15) is 0 Å². The molecule has 0 atom stereocenters. The minimum absolute atomic E-state index is 0.226. The Morgan fingerprint density at radius 3 is 1.88 bits per heavy atom. The molecule has 0 bridgehead atoms. The van der Waals surface area contributed by atoms with Crippen molar-refractivity contribution in [3.05, 3.63) is 52.6 Å². The topological polar surface area (TPSA) is 38.7 Å². The Morgan fingerprint density at radius 2 is 1.44 bits per heavy atom. The third kappa shape index (κ3) is 9.49. The van der Waals surface area contributed by atoms with E-state index in [-0.39, 0.29) is 10.8 Å². The third-order valence-electron chi connectivity index (χ3n) is 3.29. The van der Waals surface area contributed by atoms with Crippen LogP contribution in [0.5, 0.6) is 0 Å². The Morgan fingerprint density at radius 1 is 0.920 bits per heavy atom. The Balaban J connectivity index is 0.000000251. The minimum atomic E-state index is -0.393. The highest BCUT2D eigenvalue weighted by Gasteiger charge is 2.13. The number of rotatable bonds is 2. The van der Waals surface area contributed by atoms with Gasteiger partial charge in [-0.05, 0) is 59.4 Å². The lowest BCUT2D eigenvalue weighted by atomic mass is 9.88. The van der Waals surface area contributed by atoms with Crippen molar-refractivity contribution in [1.82, 2.24) is 15.0 Å². The molecule has 0 N–H and O–H groups in total. The van der Waals surface area contributed by atoms with Crippen molar-refractivity contribution < 1.29 is 4.39 Å². The number of halogens is 2. The van der Waals surface area contributed by atoms with E-state index in [2.05, 4.69) is 56.5 Å². The van der Waals surface area contributed by atoms with Crippen LogP contribution in [0.4, 0.5) is 4.39 Å². The molecule has 0 fully saturated rings. The summed E-state index contributed by atoms with van der Waals surface area (Å²) >= 11 is 5.56. The van der Waals surface area contributed by atoms with Crippen LogP contribution in [0.25, 0.3) is 0 Å². The van der Waals surface area contributed by atoms with Gasteiger partial charge < -0.3 is 0 Å². The van der Waals surface area contributed by atoms with Gasteiger partial charge in [-0.25, -0.2) is 15.0 Å². The second-order valence-corrected chi connectivity index (χ2v) is 9.05. The summed E-state index contributed by atoms with van der Waals surface area (Å²) in [4.78, 5) is 11.6. The fourth-order valence-electron chi connectivity index (χ4n) is 2.36. The summed E-state index contributed by atoms with van der Waals surface area (Å²) in [5, 5.41) is 0.313. The van der Waals surface area contributed by atoms with E-state index in [0.29, 0.717) is 5.28 Å². The number of aromatic nitrogens is 3. The summed E-state index contributed by atoms with van der Waals surface area (Å²) in [5.74, 6) is -0.393. The first-order valence-corrected chi connectivity index (χ1v) is 8.82. The molecule has 5 heteroatoms. The van der Waals surface area contributed by atoms with Gasteiger partial charge in [0.15, 0.2) is 0 Å². The molecule has 0 saturated carbocycles. The number of pyridine rings is 1. The number of hydrogen-bond acceptors (Lipinski definition) is 3. The van der Waals surface area contributed by atoms with Crippen LogP contribution in [0.1, 0.15) is 58.4 Å². The standard InChI is InChI=1S/C11H16FN.C9H13ClN2/c1-8-9(7-11(2,3)4)5-6-10(12)13-8;1-9(2,3)4-7-5-11-8(10)12-6-7/h5-6H,7H2,1-4H3;5-6H,4H2,1-3H3. The highest BCUT2D eigenvalue weighted by atomic mass is 35.5. The lowest BCUT2D eigenvalue weighted by Crippen LogP contribution is -2.11. The zero-order valence-corrected chi connectivity index (χ0v) is 17.1. The summed E-state index contributed by atoms with van der Waals surface area (Å²) in [6.07, 6.45) is 5.47. The largest absolute Gasteiger partial charge is 0.226 e. The molecule has 2 heterocycles. The molecular formula is C20H29ClFN3. The zero-order chi connectivity index (χ0) is 19.3. The second kappa shape index (κ2) is 8.70. The molecule has 2 rings (SSSR count). The molecule has 0 aromatic carbocycles. The van der Waals surface area contributed by atoms with E-state index in [1.165, 1.54) is 6.07 Å². The molecule has 2 aromatic rings. The Hall–Kier alpha value is -1.55. The molecule has 25 heavy (non-hydrogen) atoms. The first-order valence-electron chi connectivity index (χ1n) is 8.44. The summed E-state index contributed by atoms with van der Waals surface area (Å²) in [7, 11) is 0. The van der Waals surface area contributed by atoms with Gasteiger partial charge >= 0.3 is 0 Å². The number of hydrogen-bond donors (Lipinski definition) is 0. The molecule has 0 saturated heterocycles. The Kier molecular flexibility index (Phi) is 7.48. The van der Waals surface area contributed by atoms with Gasteiger partial charge in [-0.1, -0.05) is 47.6 Å². The summed E-state index contributed by atoms with van der Waals surface area (Å²) < 4.78 is 12.7. The van der Waals surface area contributed by atoms with Crippen LogP contribution in [0.2, 0.25) is 5.28 Å². The molecule has 0 radical (unpaired) electrons. The van der Waals surface area contributed by atoms with Gasteiger partial charge in [0.05, 0.1) is 0 Å². The van der Waals surface area contributed by atoms with E-state index >= 15 is 0 Å². The fourth-order valence-corrected chi connectivity index (χ4v) is 2.46. The van der Waals surface area contributed by atoms with Crippen LogP contribution < -0.4 is 0 Å². The van der Waals surface area contributed by atoms with E-state index in [9.17, 15) is 4.39 Å². The van der Waals surface area contributed by atoms with Gasteiger partial charge in [0, 0.05) is 18.1 Å². The first-order chi connectivity index (χ1) is 11.4. The molecule has 0 spiro atoms. The predicted molar refractivity (Wildman–Crippen MR) is 102 cm³/mol. The van der Waals surface area contributed by atoms with Crippen molar-refractivity contribution in [2.45, 2.75) is 61.3 Å². The zero-order valence-electron chi connectivity index (χ0n) is 16.3. The van der Waals surface area contributed by atoms with E-state index in [1.807, 2.05) is 13.0 Å². The van der Waals surface area contributed by atoms with Gasteiger partial charge in [0.25, 0.3) is 0 Å². The van der Waals surface area contributed by atoms with Crippen molar-refractivity contribution in [2.24, 2.45) is 10.8 Å². The van der Waals surface area contributed by atoms with E-state index < -0.39 is 5.95 Å². The average Bonchev–Trinajstić information content (AvgIpc) is 2.43. The van der Waals surface area contributed by atoms with Crippen LogP contribution in [-0.4, -0.2) is 15.0 Å². The second-order valence-electron chi connectivity index (χ2n) is 8.71. The van der Waals surface area contributed by atoms with Crippen molar-refractivity contribution in [3.63, 3.8) is 0 Å². The summed E-state index contributed by atoms with van der Waals surface area (Å²) in [5.41, 5.74) is 3.57. The van der Waals surface area contributed by atoms with Gasteiger partial charge in [-0.2, -0.15) is 4.39 Å². The van der Waals surface area contributed by atoms with Crippen molar-refractivity contribution in [3.8, 4) is 0 Å². The molecule has 2 aromatic heterocycles. The Labute approximate surface area is 156 Å². The first kappa shape index (κ1) is 21.5. The molecular weight excluding hydrogens is 337 g/mol. The van der Waals surface area contributed by atoms with Crippen LogP contribution >= 0.6 is 11.6 Å². The SMILES string of the molecule is CC(C)(C)Cc1cnc(Cl)nc1.Cc1nc(F)ccc1CC(C)(C)C. The highest BCUT2D eigenvalue weighted by molar-refractivity contribution is 6.28. The van der Waals surface area contributed by atoms with E-state index in [4.69, 9.17) is 11.6 Å². The molecule has 0 aliphatic rings. The summed E-state index contributed by atoms with van der Waals surface area (Å²) in [6, 6.07) is 3.25. The molecule has 3 nitrogen and oxygen atoms in total. The van der Waals surface area contributed by atoms with E-state index in [0.717, 1.165) is 29.7 Å². The normalized spacial score (nSPS) is 11.7. The fraction of sp³-hybridized carbons (Fsp3) is 0.550. The van der Waals surface area contributed by atoms with Crippen LogP contribution in [0, 0.1) is 23.7 Å². The van der Waals surface area contributed by atoms with E-state index in [1.54, 1.807) is 12.4 Å². The number of nitrogens with zero attached hydrogens (tertiary/aromatic N) is 3. The van der Waals surface area contributed by atoms with Gasteiger partial charge in [-0.3, -0.25) is 0 Å². The molecule has 138 valence electrons. The van der Waals surface area contributed by atoms with Gasteiger partial charge in [0.2, 0.25) is 11.2 Å². The lowest BCUT2D eigenvalue weighted by Gasteiger charge is -2.18. The molecule has 0 unspecified atom stereocenters. The highest BCUT2D eigenvalue weighted by Crippen LogP contribution is 2.22. The van der Waals surface area contributed by atoms with Crippen LogP contribution in [0.3, 0.4) is 0 Å². The van der Waals surface area contributed by atoms with Crippen molar-refractivity contribution in [2.75, 3.05) is 0 Å². The average molecular weight is 366 g/mol. The maximum Gasteiger partial charge on any atom is 0.222 e. The van der Waals surface area contributed by atoms with Crippen molar-refractivity contribution >= 4 is 11.6 Å². The maximum absolute atomic E-state index is 12.7. The van der Waals surface area contributed by atoms with Crippen molar-refractivity contribution in [1.29, 1.82) is 0 Å².